The van der Waals surface area contributed by atoms with Gasteiger partial charge in [0.15, 0.2) is 0 Å². The molecule has 1 aromatic carbocycles. The van der Waals surface area contributed by atoms with Crippen LogP contribution in [0.25, 0.3) is 0 Å². The molecule has 70 valence electrons. The van der Waals surface area contributed by atoms with E-state index in [1.165, 1.54) is 12.1 Å². The van der Waals surface area contributed by atoms with Gasteiger partial charge in [-0.1, -0.05) is 11.6 Å². The topological polar surface area (TPSA) is 79.1 Å². The van der Waals surface area contributed by atoms with E-state index in [9.17, 15) is 9.59 Å². The molecule has 1 aromatic rings. The molecule has 1 heterocycles. The summed E-state index contributed by atoms with van der Waals surface area (Å²) in [6, 6.07) is 1.93. The van der Waals surface area contributed by atoms with Crippen molar-refractivity contribution in [3.8, 4) is 0 Å². The first-order valence-corrected chi connectivity index (χ1v) is 4.00. The van der Waals surface area contributed by atoms with Crippen LogP contribution in [0.1, 0.15) is 10.4 Å². The number of rotatable bonds is 1. The van der Waals surface area contributed by atoms with Gasteiger partial charge in [0.1, 0.15) is 5.36 Å². The number of carboxylic acid groups (broad SMARTS) is 1. The lowest BCUT2D eigenvalue weighted by atomic mass is 10.2. The second kappa shape index (κ2) is 2.88. The minimum atomic E-state index is -1.18. The predicted molar refractivity (Wildman–Crippen MR) is 46.1 cm³/mol. The van der Waals surface area contributed by atoms with E-state index in [4.69, 9.17) is 16.7 Å². The Morgan fingerprint density at radius 2 is 2.07 bits per heavy atom. The summed E-state index contributed by atoms with van der Waals surface area (Å²) >= 11 is 5.64. The summed E-state index contributed by atoms with van der Waals surface area (Å²) < 4.78 is 0. The van der Waals surface area contributed by atoms with Crippen LogP contribution in [0.3, 0.4) is 0 Å². The molecule has 1 aliphatic rings. The summed E-state index contributed by atoms with van der Waals surface area (Å²) in [6.45, 7) is 0. The van der Waals surface area contributed by atoms with Gasteiger partial charge >= 0.3 is 12.0 Å². The fourth-order valence-corrected chi connectivity index (χ4v) is 1.39. The zero-order valence-corrected chi connectivity index (χ0v) is 7.45. The van der Waals surface area contributed by atoms with Crippen LogP contribution in [0.2, 0.25) is 5.02 Å². The number of halogens is 1. The fourth-order valence-electron chi connectivity index (χ4n) is 1.17. The SMILES string of the molecule is O=C1N=c2cc(Cl)cc(C(=O)O)c2=N1. The lowest BCUT2D eigenvalue weighted by molar-refractivity contribution is 0.0695. The molecule has 0 aromatic heterocycles. The average Bonchev–Trinajstić information content (AvgIpc) is 2.42. The van der Waals surface area contributed by atoms with Crippen molar-refractivity contribution in [3.63, 3.8) is 0 Å². The minimum Gasteiger partial charge on any atom is -0.478 e. The Morgan fingerprint density at radius 1 is 1.36 bits per heavy atom. The van der Waals surface area contributed by atoms with Gasteiger partial charge in [-0.05, 0) is 12.1 Å². The van der Waals surface area contributed by atoms with Gasteiger partial charge in [-0.25, -0.2) is 9.59 Å². The zero-order valence-electron chi connectivity index (χ0n) is 6.69. The Morgan fingerprint density at radius 3 is 2.71 bits per heavy atom. The van der Waals surface area contributed by atoms with Gasteiger partial charge in [0, 0.05) is 5.02 Å². The smallest absolute Gasteiger partial charge is 0.368 e. The Balaban J connectivity index is 2.91. The molecule has 5 nitrogen and oxygen atoms in total. The van der Waals surface area contributed by atoms with E-state index in [0.29, 0.717) is 0 Å². The van der Waals surface area contributed by atoms with Gasteiger partial charge in [0.2, 0.25) is 0 Å². The van der Waals surface area contributed by atoms with E-state index < -0.39 is 12.0 Å². The molecule has 0 saturated heterocycles. The van der Waals surface area contributed by atoms with E-state index in [0.717, 1.165) is 0 Å². The van der Waals surface area contributed by atoms with E-state index in [1.54, 1.807) is 0 Å². The molecule has 0 fully saturated rings. The van der Waals surface area contributed by atoms with Crippen molar-refractivity contribution < 1.29 is 14.7 Å². The molecule has 0 radical (unpaired) electrons. The summed E-state index contributed by atoms with van der Waals surface area (Å²) in [4.78, 5) is 28.5. The summed E-state index contributed by atoms with van der Waals surface area (Å²) in [5, 5.41) is 9.29. The third-order valence-electron chi connectivity index (χ3n) is 1.71. The predicted octanol–water partition coefficient (Wildman–Crippen LogP) is 0.411. The molecule has 2 amide bonds. The highest BCUT2D eigenvalue weighted by atomic mass is 35.5. The number of aromatic carboxylic acids is 1. The molecule has 0 saturated carbocycles. The summed E-state index contributed by atoms with van der Waals surface area (Å²) in [5.41, 5.74) is -0.109. The second-order valence-electron chi connectivity index (χ2n) is 2.63. The van der Waals surface area contributed by atoms with Crippen LogP contribution in [0.4, 0.5) is 4.79 Å². The van der Waals surface area contributed by atoms with Crippen molar-refractivity contribution in [1.29, 1.82) is 0 Å². The van der Waals surface area contributed by atoms with Crippen molar-refractivity contribution in [1.82, 2.24) is 0 Å². The molecule has 0 unspecified atom stereocenters. The highest BCUT2D eigenvalue weighted by Crippen LogP contribution is 2.05. The number of urea groups is 1. The highest BCUT2D eigenvalue weighted by molar-refractivity contribution is 6.30. The van der Waals surface area contributed by atoms with Gasteiger partial charge < -0.3 is 5.11 Å². The molecule has 0 atom stereocenters. The van der Waals surface area contributed by atoms with Crippen molar-refractivity contribution in [2.24, 2.45) is 9.98 Å². The van der Waals surface area contributed by atoms with Crippen molar-refractivity contribution in [2.45, 2.75) is 0 Å². The van der Waals surface area contributed by atoms with Gasteiger partial charge in [0.25, 0.3) is 0 Å². The van der Waals surface area contributed by atoms with Crippen molar-refractivity contribution in [3.05, 3.63) is 33.4 Å². The van der Waals surface area contributed by atoms with E-state index in [2.05, 4.69) is 9.98 Å². The Labute approximate surface area is 82.4 Å². The monoisotopic (exact) mass is 210 g/mol. The first-order chi connectivity index (χ1) is 6.58. The second-order valence-corrected chi connectivity index (χ2v) is 3.07. The lowest BCUT2D eigenvalue weighted by Gasteiger charge is -1.93. The largest absolute Gasteiger partial charge is 0.478 e. The Kier molecular flexibility index (Phi) is 1.82. The van der Waals surface area contributed by atoms with Crippen LogP contribution in [-0.4, -0.2) is 17.1 Å². The minimum absolute atomic E-state index is 0.0758. The molecule has 0 aliphatic carbocycles. The molecule has 1 aliphatic heterocycles. The molecule has 0 bridgehead atoms. The number of carbonyl (C=O) groups excluding carboxylic acids is 1. The molecule has 6 heteroatoms. The molecular formula is C8H3ClN2O3. The van der Waals surface area contributed by atoms with Crippen LogP contribution in [-0.2, 0) is 0 Å². The normalized spacial score (nSPS) is 13.1. The summed E-state index contributed by atoms with van der Waals surface area (Å²) in [6.07, 6.45) is 0. The maximum atomic E-state index is 10.8. The maximum Gasteiger partial charge on any atom is 0.368 e. The quantitative estimate of drug-likeness (QED) is 0.729. The number of carboxylic acids is 1. The van der Waals surface area contributed by atoms with Gasteiger partial charge in [0.05, 0.1) is 10.9 Å². The fraction of sp³-hybridized carbons (Fsp3) is 0. The average molecular weight is 211 g/mol. The molecular weight excluding hydrogens is 208 g/mol. The number of nitrogens with zero attached hydrogens (tertiary/aromatic N) is 2. The van der Waals surface area contributed by atoms with E-state index >= 15 is 0 Å². The number of hydrogen-bond donors (Lipinski definition) is 1. The summed E-state index contributed by atoms with van der Waals surface area (Å²) in [7, 11) is 0. The number of benzene rings is 1. The van der Waals surface area contributed by atoms with Crippen LogP contribution in [0.5, 0.6) is 0 Å². The first kappa shape index (κ1) is 8.83. The number of fused-ring (bicyclic) bond motifs is 1. The summed E-state index contributed by atoms with van der Waals surface area (Å²) in [5.74, 6) is -1.18. The molecule has 2 rings (SSSR count). The number of amides is 2. The molecule has 0 spiro atoms. The van der Waals surface area contributed by atoms with Crippen LogP contribution < -0.4 is 10.7 Å². The molecule has 1 N–H and O–H groups in total. The van der Waals surface area contributed by atoms with Crippen LogP contribution in [0.15, 0.2) is 22.1 Å². The zero-order chi connectivity index (χ0) is 10.3. The van der Waals surface area contributed by atoms with Gasteiger partial charge in [-0.2, -0.15) is 9.98 Å². The van der Waals surface area contributed by atoms with Crippen molar-refractivity contribution in [2.75, 3.05) is 0 Å². The highest BCUT2D eigenvalue weighted by Gasteiger charge is 2.14. The lowest BCUT2D eigenvalue weighted by Crippen LogP contribution is -2.28. The third kappa shape index (κ3) is 1.27. The number of hydrogen-bond acceptors (Lipinski definition) is 2. The number of carbonyl (C=O) groups is 2. The Bertz CT molecular complexity index is 565. The van der Waals surface area contributed by atoms with Gasteiger partial charge in [-0.3, -0.25) is 0 Å². The third-order valence-corrected chi connectivity index (χ3v) is 1.93. The van der Waals surface area contributed by atoms with Crippen LogP contribution in [0, 0.1) is 0 Å². The Hall–Kier alpha value is -1.75. The first-order valence-electron chi connectivity index (χ1n) is 3.62. The molecule has 14 heavy (non-hydrogen) atoms. The van der Waals surface area contributed by atoms with E-state index in [1.807, 2.05) is 0 Å². The van der Waals surface area contributed by atoms with E-state index in [-0.39, 0.29) is 21.3 Å². The van der Waals surface area contributed by atoms with Gasteiger partial charge in [-0.15, -0.1) is 0 Å². The standard InChI is InChI=1S/C8H3ClN2O3/c9-3-1-4(7(12)13)6-5(2-3)10-8(14)11-6/h1-2H,(H,12,13). The maximum absolute atomic E-state index is 10.8. The van der Waals surface area contributed by atoms with Crippen molar-refractivity contribution >= 4 is 23.6 Å². The van der Waals surface area contributed by atoms with Crippen LogP contribution >= 0.6 is 11.6 Å².